The fourth-order valence-corrected chi connectivity index (χ4v) is 10.8. The van der Waals surface area contributed by atoms with E-state index in [2.05, 4.69) is 123 Å². The Morgan fingerprint density at radius 3 is 1.51 bits per heavy atom. The van der Waals surface area contributed by atoms with Crippen LogP contribution in [0.4, 0.5) is 0 Å². The largest absolute Gasteiger partial charge is 0.395 e. The molecule has 0 aromatic carbocycles. The van der Waals surface area contributed by atoms with Crippen molar-refractivity contribution in [3.63, 3.8) is 0 Å². The molecule has 1 rings (SSSR count). The highest BCUT2D eigenvalue weighted by Gasteiger charge is 2.27. The Labute approximate surface area is 427 Å². The van der Waals surface area contributed by atoms with Crippen LogP contribution >= 0.6 is 0 Å². The van der Waals surface area contributed by atoms with Gasteiger partial charge in [-0.1, -0.05) is 205 Å². The zero-order valence-electron chi connectivity index (χ0n) is 47.7. The normalized spacial score (nSPS) is 17.2. The number of rotatable bonds is 47. The molecule has 0 spiro atoms. The maximum atomic E-state index is 6.71. The highest BCUT2D eigenvalue weighted by molar-refractivity contribution is 5.83. The van der Waals surface area contributed by atoms with E-state index >= 15 is 0 Å². The molecule has 398 valence electrons. The van der Waals surface area contributed by atoms with Gasteiger partial charge < -0.3 is 14.5 Å². The number of ether oxygens (including phenoxy) is 1. The summed E-state index contributed by atoms with van der Waals surface area (Å²) in [5.74, 6) is 1.44. The van der Waals surface area contributed by atoms with Crippen LogP contribution in [0.25, 0.3) is 0 Å². The quantitative estimate of drug-likeness (QED) is 0.0264. The average molecular weight is 950 g/mol. The van der Waals surface area contributed by atoms with Crippen LogP contribution in [-0.4, -0.2) is 50.1 Å². The molecule has 0 aliphatic carbocycles. The summed E-state index contributed by atoms with van der Waals surface area (Å²) in [6, 6.07) is 0. The summed E-state index contributed by atoms with van der Waals surface area (Å²) >= 11 is 0. The molecule has 68 heavy (non-hydrogen) atoms. The van der Waals surface area contributed by atoms with E-state index in [9.17, 15) is 0 Å². The van der Waals surface area contributed by atoms with E-state index in [0.29, 0.717) is 23.5 Å². The predicted octanol–water partition coefficient (Wildman–Crippen LogP) is 20.7. The molecule has 0 aromatic heterocycles. The number of hydrogen-bond donors (Lipinski definition) is 0. The predicted molar refractivity (Wildman–Crippen MR) is 305 cm³/mol. The minimum Gasteiger partial charge on any atom is -0.395 e. The van der Waals surface area contributed by atoms with Crippen molar-refractivity contribution in [3.8, 4) is 0 Å². The molecule has 1 fully saturated rings. The van der Waals surface area contributed by atoms with Crippen molar-refractivity contribution in [3.05, 3.63) is 48.6 Å². The number of hydrogen-bond acceptors (Lipinski definition) is 4. The molecule has 1 aliphatic rings. The molecule has 0 aromatic rings. The maximum absolute atomic E-state index is 6.71. The van der Waals surface area contributed by atoms with Gasteiger partial charge in [0.2, 0.25) is 0 Å². The Morgan fingerprint density at radius 2 is 1.01 bits per heavy atom. The lowest BCUT2D eigenvalue weighted by Gasteiger charge is -2.34. The topological polar surface area (TPSA) is 34.1 Å². The Morgan fingerprint density at radius 1 is 0.559 bits per heavy atom. The van der Waals surface area contributed by atoms with Crippen LogP contribution in [0.2, 0.25) is 0 Å². The van der Waals surface area contributed by atoms with Crippen molar-refractivity contribution < 1.29 is 9.57 Å². The Hall–Kier alpha value is -1.65. The van der Waals surface area contributed by atoms with Crippen molar-refractivity contribution >= 4 is 5.71 Å². The zero-order valence-corrected chi connectivity index (χ0v) is 47.7. The molecule has 1 aliphatic heterocycles. The van der Waals surface area contributed by atoms with Crippen molar-refractivity contribution in [2.45, 2.75) is 305 Å². The third-order valence-electron chi connectivity index (χ3n) is 14.5. The summed E-state index contributed by atoms with van der Waals surface area (Å²) in [5, 5.41) is 4.89. The Bertz CT molecular complexity index is 1210. The summed E-state index contributed by atoms with van der Waals surface area (Å²) < 4.78 is 6.71. The molecule has 0 bridgehead atoms. The standard InChI is InChI=1S/C64H120N2O2/c1-11-13-15-17-19-21-23-25-27-29-31-33-35-37-39-41-47-60(48-42-40-38-36-34-32-30-28-26-24-22-20-18-16-14-12-2)65-67-57-64(7,8)54-58(3)46-43-44-49-61-50-45-51-62(68-61)52-53-63(5,6)55-59(4)56-66(9)10/h19-22,25-28,58-59,61-62H,11-18,23-24,29-57H2,1-10H3/b21-19-,22-20-,27-25-,28-26-. The third-order valence-corrected chi connectivity index (χ3v) is 14.5. The molecule has 0 radical (unpaired) electrons. The lowest BCUT2D eigenvalue weighted by Crippen LogP contribution is -2.30. The molecule has 0 amide bonds. The van der Waals surface area contributed by atoms with E-state index < -0.39 is 0 Å². The van der Waals surface area contributed by atoms with Gasteiger partial charge in [-0.25, -0.2) is 0 Å². The second kappa shape index (κ2) is 44.1. The van der Waals surface area contributed by atoms with Crippen LogP contribution in [0.15, 0.2) is 53.8 Å². The minimum absolute atomic E-state index is 0.131. The van der Waals surface area contributed by atoms with Crippen LogP contribution in [0.5, 0.6) is 0 Å². The number of oxime groups is 1. The van der Waals surface area contributed by atoms with Crippen LogP contribution in [0, 0.1) is 22.7 Å². The molecule has 1 heterocycles. The van der Waals surface area contributed by atoms with Crippen LogP contribution in [0.1, 0.15) is 293 Å². The van der Waals surface area contributed by atoms with E-state index in [1.807, 2.05) is 0 Å². The molecule has 4 heteroatoms. The molecule has 1 saturated heterocycles. The average Bonchev–Trinajstić information content (AvgIpc) is 3.28. The maximum Gasteiger partial charge on any atom is 0.122 e. The van der Waals surface area contributed by atoms with E-state index in [0.717, 1.165) is 38.2 Å². The summed E-state index contributed by atoms with van der Waals surface area (Å²) in [5.41, 5.74) is 1.83. The molecule has 4 atom stereocenters. The van der Waals surface area contributed by atoms with Gasteiger partial charge in [0.05, 0.1) is 17.9 Å². The first-order valence-corrected chi connectivity index (χ1v) is 29.9. The molecule has 4 unspecified atom stereocenters. The summed E-state index contributed by atoms with van der Waals surface area (Å²) in [6.45, 7) is 21.1. The van der Waals surface area contributed by atoms with Crippen LogP contribution in [-0.2, 0) is 9.57 Å². The lowest BCUT2D eigenvalue weighted by atomic mass is 9.78. The van der Waals surface area contributed by atoms with Gasteiger partial charge in [-0.15, -0.1) is 0 Å². The van der Waals surface area contributed by atoms with Crippen molar-refractivity contribution in [2.75, 3.05) is 27.2 Å². The lowest BCUT2D eigenvalue weighted by molar-refractivity contribution is -0.0617. The van der Waals surface area contributed by atoms with Gasteiger partial charge in [-0.2, -0.15) is 0 Å². The fourth-order valence-electron chi connectivity index (χ4n) is 10.8. The van der Waals surface area contributed by atoms with Crippen molar-refractivity contribution in [1.29, 1.82) is 0 Å². The zero-order chi connectivity index (χ0) is 49.8. The number of nitrogens with zero attached hydrogens (tertiary/aromatic N) is 2. The van der Waals surface area contributed by atoms with Gasteiger partial charge in [0.1, 0.15) is 6.61 Å². The SMILES string of the molecule is CCCCC/C=C\C/C=C\CCCCCCCCC(CCCCCCCC/C=C\C/C=C\CCCCC)=NOCC(C)(C)CC(C)CCCCC1CCCC(CCC(C)(C)CC(C)CN(C)C)O1. The third kappa shape index (κ3) is 42.1. The van der Waals surface area contributed by atoms with E-state index in [4.69, 9.17) is 14.7 Å². The molecular weight excluding hydrogens is 829 g/mol. The first-order chi connectivity index (χ1) is 32.9. The summed E-state index contributed by atoms with van der Waals surface area (Å²) in [4.78, 5) is 8.59. The van der Waals surface area contributed by atoms with Gasteiger partial charge in [0, 0.05) is 12.0 Å². The van der Waals surface area contributed by atoms with E-state index in [1.165, 1.54) is 224 Å². The molecule has 0 N–H and O–H groups in total. The van der Waals surface area contributed by atoms with Crippen LogP contribution < -0.4 is 0 Å². The minimum atomic E-state index is 0.131. The first kappa shape index (κ1) is 64.4. The number of unbranched alkanes of at least 4 members (excludes halogenated alkanes) is 19. The summed E-state index contributed by atoms with van der Waals surface area (Å²) in [6.07, 6.45) is 67.1. The van der Waals surface area contributed by atoms with Gasteiger partial charge in [-0.05, 0) is 173 Å². The Balaban J connectivity index is 2.44. The van der Waals surface area contributed by atoms with Gasteiger partial charge >= 0.3 is 0 Å². The smallest absolute Gasteiger partial charge is 0.122 e. The molecule has 0 saturated carbocycles. The summed E-state index contributed by atoms with van der Waals surface area (Å²) in [7, 11) is 4.39. The first-order valence-electron chi connectivity index (χ1n) is 29.9. The van der Waals surface area contributed by atoms with Crippen molar-refractivity contribution in [2.24, 2.45) is 27.8 Å². The van der Waals surface area contributed by atoms with Crippen LogP contribution in [0.3, 0.4) is 0 Å². The molecule has 4 nitrogen and oxygen atoms in total. The second-order valence-corrected chi connectivity index (χ2v) is 23.9. The van der Waals surface area contributed by atoms with E-state index in [-0.39, 0.29) is 5.41 Å². The Kier molecular flexibility index (Phi) is 41.7. The fraction of sp³-hybridized carbons (Fsp3) is 0.859. The van der Waals surface area contributed by atoms with Gasteiger partial charge in [0.15, 0.2) is 0 Å². The highest BCUT2D eigenvalue weighted by Crippen LogP contribution is 2.35. The molecular formula is C64H120N2O2. The highest BCUT2D eigenvalue weighted by atomic mass is 16.6. The monoisotopic (exact) mass is 949 g/mol. The van der Waals surface area contributed by atoms with Crippen molar-refractivity contribution in [1.82, 2.24) is 4.90 Å². The second-order valence-electron chi connectivity index (χ2n) is 23.9. The van der Waals surface area contributed by atoms with E-state index in [1.54, 1.807) is 0 Å². The number of allylic oxidation sites excluding steroid dienone is 8. The van der Waals surface area contributed by atoms with Gasteiger partial charge in [0.25, 0.3) is 0 Å². The van der Waals surface area contributed by atoms with Gasteiger partial charge in [-0.3, -0.25) is 0 Å².